The summed E-state index contributed by atoms with van der Waals surface area (Å²) in [5.74, 6) is -4.49. The van der Waals surface area contributed by atoms with Gasteiger partial charge in [0.2, 0.25) is 0 Å². The van der Waals surface area contributed by atoms with Crippen LogP contribution in [0.15, 0.2) is 53.6 Å². The van der Waals surface area contributed by atoms with Crippen molar-refractivity contribution in [2.45, 2.75) is 39.7 Å². The molecule has 0 fully saturated rings. The highest BCUT2D eigenvalue weighted by atomic mass is 16.6. The summed E-state index contributed by atoms with van der Waals surface area (Å²) in [6.45, 7) is 6.75. The van der Waals surface area contributed by atoms with E-state index >= 15 is 0 Å². The van der Waals surface area contributed by atoms with Gasteiger partial charge in [0.1, 0.15) is 17.3 Å². The van der Waals surface area contributed by atoms with E-state index in [-0.39, 0.29) is 24.3 Å². The van der Waals surface area contributed by atoms with Crippen LogP contribution in [0.25, 0.3) is 0 Å². The number of ketones is 2. The molecule has 2 N–H and O–H groups in total. The van der Waals surface area contributed by atoms with E-state index in [1.54, 1.807) is 27.7 Å². The molecule has 0 saturated carbocycles. The summed E-state index contributed by atoms with van der Waals surface area (Å²) in [4.78, 5) is 60.3. The van der Waals surface area contributed by atoms with Crippen molar-refractivity contribution in [3.63, 3.8) is 0 Å². The first-order valence-electron chi connectivity index (χ1n) is 11.7. The van der Waals surface area contributed by atoms with Crippen molar-refractivity contribution >= 4 is 35.8 Å². The minimum atomic E-state index is -1.59. The van der Waals surface area contributed by atoms with Crippen molar-refractivity contribution in [1.29, 1.82) is 0 Å². The van der Waals surface area contributed by atoms with Crippen molar-refractivity contribution in [3.05, 3.63) is 65.2 Å². The summed E-state index contributed by atoms with van der Waals surface area (Å²) in [7, 11) is 0. The Hall–Kier alpha value is -4.54. The van der Waals surface area contributed by atoms with Gasteiger partial charge in [0.25, 0.3) is 0 Å². The number of carboxylic acids is 1. The third kappa shape index (κ3) is 9.84. The average molecular weight is 527 g/mol. The molecule has 38 heavy (non-hydrogen) atoms. The third-order valence-electron chi connectivity index (χ3n) is 4.81. The van der Waals surface area contributed by atoms with Gasteiger partial charge in [0.15, 0.2) is 18.2 Å². The molecule has 0 aliphatic carbocycles. The molecule has 0 heterocycles. The van der Waals surface area contributed by atoms with Crippen LogP contribution in [0.5, 0.6) is 5.75 Å². The van der Waals surface area contributed by atoms with Crippen LogP contribution in [0, 0.1) is 5.92 Å². The van der Waals surface area contributed by atoms with E-state index < -0.39 is 47.5 Å². The normalized spacial score (nSPS) is 11.9. The number of ether oxygens (including phenoxy) is 3. The standard InChI is InChI=1S/C27H30N2O9/c1-5-36-23(31)16-37-20-12-10-18(11-13-20)22(30)14-21(25(33)34)24(32)19-8-6-17(7-9-19)15-28-29-26(35)38-27(2,3)4/h6-13,15,21H,5,14,16H2,1-4H3,(H,29,35)(H,33,34). The Kier molecular flexibility index (Phi) is 10.7. The number of aliphatic carboxylic acids is 1. The third-order valence-corrected chi connectivity index (χ3v) is 4.81. The van der Waals surface area contributed by atoms with Gasteiger partial charge in [-0.2, -0.15) is 5.10 Å². The molecule has 0 bridgehead atoms. The summed E-state index contributed by atoms with van der Waals surface area (Å²) in [5.41, 5.74) is 2.37. The second-order valence-electron chi connectivity index (χ2n) is 8.99. The number of hydrogen-bond acceptors (Lipinski definition) is 9. The number of nitrogens with one attached hydrogen (secondary N) is 1. The zero-order valence-electron chi connectivity index (χ0n) is 21.6. The second-order valence-corrected chi connectivity index (χ2v) is 8.99. The van der Waals surface area contributed by atoms with Crippen LogP contribution in [0.4, 0.5) is 4.79 Å². The number of hydrogen-bond donors (Lipinski definition) is 2. The monoisotopic (exact) mass is 526 g/mol. The van der Waals surface area contributed by atoms with Gasteiger partial charge in [-0.25, -0.2) is 15.0 Å². The van der Waals surface area contributed by atoms with E-state index in [1.165, 1.54) is 54.7 Å². The highest BCUT2D eigenvalue weighted by Crippen LogP contribution is 2.19. The summed E-state index contributed by atoms with van der Waals surface area (Å²) in [6, 6.07) is 11.6. The van der Waals surface area contributed by atoms with E-state index in [2.05, 4.69) is 10.5 Å². The Labute approximate surface area is 219 Å². The Bertz CT molecular complexity index is 1180. The first-order chi connectivity index (χ1) is 17.9. The number of rotatable bonds is 12. The SMILES string of the molecule is CCOC(=O)COc1ccc(C(=O)CC(C(=O)O)C(=O)c2ccc(C=NNC(=O)OC(C)(C)C)cc2)cc1. The first-order valence-corrected chi connectivity index (χ1v) is 11.7. The molecule has 202 valence electrons. The highest BCUT2D eigenvalue weighted by molar-refractivity contribution is 6.12. The van der Waals surface area contributed by atoms with Crippen LogP contribution in [0.2, 0.25) is 0 Å². The van der Waals surface area contributed by atoms with Crippen molar-refractivity contribution in [3.8, 4) is 5.75 Å². The molecular formula is C27H30N2O9. The Morgan fingerprint density at radius 1 is 0.974 bits per heavy atom. The first kappa shape index (κ1) is 29.7. The quantitative estimate of drug-likeness (QED) is 0.138. The predicted molar refractivity (Wildman–Crippen MR) is 136 cm³/mol. The number of carbonyl (C=O) groups excluding carboxylic acids is 4. The van der Waals surface area contributed by atoms with E-state index in [0.717, 1.165) is 0 Å². The average Bonchev–Trinajstić information content (AvgIpc) is 2.85. The number of carboxylic acid groups (broad SMARTS) is 1. The molecule has 0 aliphatic heterocycles. The van der Waals surface area contributed by atoms with Crippen LogP contribution in [-0.2, 0) is 19.1 Å². The molecule has 1 unspecified atom stereocenters. The van der Waals surface area contributed by atoms with Crippen molar-refractivity contribution < 1.29 is 43.3 Å². The molecule has 11 heteroatoms. The van der Waals surface area contributed by atoms with Crippen molar-refractivity contribution in [1.82, 2.24) is 5.43 Å². The number of nitrogens with zero attached hydrogens (tertiary/aromatic N) is 1. The molecule has 2 aromatic rings. The molecule has 1 atom stereocenters. The number of esters is 1. The summed E-state index contributed by atoms with van der Waals surface area (Å²) >= 11 is 0. The number of carbonyl (C=O) groups is 5. The molecular weight excluding hydrogens is 496 g/mol. The topological polar surface area (TPSA) is 158 Å². The molecule has 1 amide bonds. The van der Waals surface area contributed by atoms with Gasteiger partial charge in [-0.05, 0) is 57.5 Å². The van der Waals surface area contributed by atoms with Gasteiger partial charge in [-0.1, -0.05) is 24.3 Å². The molecule has 0 saturated heterocycles. The fourth-order valence-electron chi connectivity index (χ4n) is 3.07. The lowest BCUT2D eigenvalue weighted by Crippen LogP contribution is -2.29. The van der Waals surface area contributed by atoms with E-state index in [4.69, 9.17) is 14.2 Å². The lowest BCUT2D eigenvalue weighted by molar-refractivity contribution is -0.145. The minimum Gasteiger partial charge on any atom is -0.482 e. The summed E-state index contributed by atoms with van der Waals surface area (Å²) < 4.78 is 15.1. The van der Waals surface area contributed by atoms with Crippen molar-refractivity contribution in [2.24, 2.45) is 11.0 Å². The van der Waals surface area contributed by atoms with Gasteiger partial charge >= 0.3 is 18.0 Å². The van der Waals surface area contributed by atoms with Gasteiger partial charge in [0, 0.05) is 17.5 Å². The second kappa shape index (κ2) is 13.7. The van der Waals surface area contributed by atoms with E-state index in [0.29, 0.717) is 11.3 Å². The molecule has 0 aliphatic rings. The molecule has 11 nitrogen and oxygen atoms in total. The van der Waals surface area contributed by atoms with E-state index in [1.807, 2.05) is 0 Å². The van der Waals surface area contributed by atoms with E-state index in [9.17, 15) is 29.1 Å². The molecule has 2 aromatic carbocycles. The summed E-state index contributed by atoms with van der Waals surface area (Å²) in [6.07, 6.45) is 0.0600. The van der Waals surface area contributed by atoms with Gasteiger partial charge in [-0.15, -0.1) is 0 Å². The van der Waals surface area contributed by atoms with Crippen LogP contribution >= 0.6 is 0 Å². The summed E-state index contributed by atoms with van der Waals surface area (Å²) in [5, 5.41) is 13.4. The maximum Gasteiger partial charge on any atom is 0.428 e. The molecule has 0 spiro atoms. The Morgan fingerprint density at radius 2 is 1.58 bits per heavy atom. The van der Waals surface area contributed by atoms with Crippen LogP contribution in [0.3, 0.4) is 0 Å². The highest BCUT2D eigenvalue weighted by Gasteiger charge is 2.30. The largest absolute Gasteiger partial charge is 0.482 e. The molecule has 0 radical (unpaired) electrons. The zero-order valence-corrected chi connectivity index (χ0v) is 21.6. The predicted octanol–water partition coefficient (Wildman–Crippen LogP) is 3.64. The fraction of sp³-hybridized carbons (Fsp3) is 0.333. The van der Waals surface area contributed by atoms with Crippen LogP contribution < -0.4 is 10.2 Å². The van der Waals surface area contributed by atoms with Crippen molar-refractivity contribution in [2.75, 3.05) is 13.2 Å². The maximum atomic E-state index is 12.9. The lowest BCUT2D eigenvalue weighted by Gasteiger charge is -2.18. The number of amides is 1. The lowest BCUT2D eigenvalue weighted by atomic mass is 9.90. The van der Waals surface area contributed by atoms with Gasteiger partial charge in [-0.3, -0.25) is 14.4 Å². The number of hydrazone groups is 1. The van der Waals surface area contributed by atoms with Gasteiger partial charge in [0.05, 0.1) is 12.8 Å². The smallest absolute Gasteiger partial charge is 0.428 e. The van der Waals surface area contributed by atoms with Gasteiger partial charge < -0.3 is 19.3 Å². The Balaban J connectivity index is 1.99. The van der Waals surface area contributed by atoms with Crippen LogP contribution in [-0.4, -0.2) is 59.7 Å². The van der Waals surface area contributed by atoms with Crippen LogP contribution in [0.1, 0.15) is 60.4 Å². The fourth-order valence-corrected chi connectivity index (χ4v) is 3.07. The zero-order chi connectivity index (χ0) is 28.3. The molecule has 0 aromatic heterocycles. The Morgan fingerprint density at radius 3 is 2.13 bits per heavy atom. The molecule has 2 rings (SSSR count). The number of benzene rings is 2. The number of Topliss-reactive ketones (excluding diaryl/α,β-unsaturated/α-hetero) is 2. The minimum absolute atomic E-state index is 0.102. The maximum absolute atomic E-state index is 12.9.